The molecule has 0 rings (SSSR count). The molecule has 0 aromatic heterocycles. The molecule has 2 nitrogen and oxygen atoms in total. The molecule has 0 aromatic rings. The number of hydrogen-bond acceptors (Lipinski definition) is 2. The van der Waals surface area contributed by atoms with E-state index in [-0.39, 0.29) is 6.29 Å². The van der Waals surface area contributed by atoms with Crippen molar-refractivity contribution in [2.45, 2.75) is 19.1 Å². The third-order valence-electron chi connectivity index (χ3n) is 1.26. The number of methoxy groups -OCH3 is 2. The van der Waals surface area contributed by atoms with Crippen molar-refractivity contribution in [1.82, 2.24) is 0 Å². The summed E-state index contributed by atoms with van der Waals surface area (Å²) in [4.78, 5) is 0. The van der Waals surface area contributed by atoms with Gasteiger partial charge in [0, 0.05) is 20.1 Å². The van der Waals surface area contributed by atoms with Crippen molar-refractivity contribution in [1.29, 1.82) is 0 Å². The van der Waals surface area contributed by atoms with Gasteiger partial charge in [0.15, 0.2) is 6.29 Å². The van der Waals surface area contributed by atoms with Gasteiger partial charge in [0.25, 0.3) is 0 Å². The van der Waals surface area contributed by atoms with Gasteiger partial charge in [-0.2, -0.15) is 0 Å². The van der Waals surface area contributed by atoms with E-state index in [0.717, 1.165) is 12.8 Å². The van der Waals surface area contributed by atoms with Crippen LogP contribution in [0.1, 0.15) is 12.8 Å². The third kappa shape index (κ3) is 6.35. The molecule has 0 aliphatic heterocycles. The normalized spacial score (nSPS) is 11.6. The van der Waals surface area contributed by atoms with E-state index < -0.39 is 0 Å². The van der Waals surface area contributed by atoms with Gasteiger partial charge < -0.3 is 9.47 Å². The highest BCUT2D eigenvalue weighted by molar-refractivity contribution is 6.17. The SMILES string of the molecule is COC(/C=C\CCCCl)OC. The Morgan fingerprint density at radius 2 is 2.00 bits per heavy atom. The first-order chi connectivity index (χ1) is 5.35. The lowest BCUT2D eigenvalue weighted by molar-refractivity contribution is -0.0667. The molecule has 0 bridgehead atoms. The zero-order chi connectivity index (χ0) is 8.53. The highest BCUT2D eigenvalue weighted by Crippen LogP contribution is 1.97. The predicted octanol–water partition coefficient (Wildman–Crippen LogP) is 2.18. The summed E-state index contributed by atoms with van der Waals surface area (Å²) in [7, 11) is 3.22. The van der Waals surface area contributed by atoms with Gasteiger partial charge in [-0.15, -0.1) is 11.6 Å². The Hall–Kier alpha value is -0.0500. The second-order valence-electron chi connectivity index (χ2n) is 2.10. The van der Waals surface area contributed by atoms with Crippen molar-refractivity contribution in [3.8, 4) is 0 Å². The van der Waals surface area contributed by atoms with E-state index in [1.54, 1.807) is 14.2 Å². The van der Waals surface area contributed by atoms with Crippen LogP contribution in [0.3, 0.4) is 0 Å². The number of unbranched alkanes of at least 4 members (excludes halogenated alkanes) is 1. The van der Waals surface area contributed by atoms with Crippen LogP contribution in [0.5, 0.6) is 0 Å². The van der Waals surface area contributed by atoms with Gasteiger partial charge in [0.1, 0.15) is 0 Å². The van der Waals surface area contributed by atoms with E-state index in [4.69, 9.17) is 21.1 Å². The van der Waals surface area contributed by atoms with Crippen molar-refractivity contribution >= 4 is 11.6 Å². The van der Waals surface area contributed by atoms with E-state index in [9.17, 15) is 0 Å². The highest BCUT2D eigenvalue weighted by Gasteiger charge is 1.95. The minimum absolute atomic E-state index is 0.217. The van der Waals surface area contributed by atoms with Crippen LogP contribution in [-0.4, -0.2) is 26.4 Å². The van der Waals surface area contributed by atoms with Crippen molar-refractivity contribution in [2.75, 3.05) is 20.1 Å². The fourth-order valence-corrected chi connectivity index (χ4v) is 0.810. The van der Waals surface area contributed by atoms with Crippen molar-refractivity contribution in [2.24, 2.45) is 0 Å². The Morgan fingerprint density at radius 3 is 2.45 bits per heavy atom. The molecule has 0 heterocycles. The Balaban J connectivity index is 3.36. The maximum absolute atomic E-state index is 5.49. The van der Waals surface area contributed by atoms with Gasteiger partial charge in [-0.3, -0.25) is 0 Å². The molecule has 0 spiro atoms. The van der Waals surface area contributed by atoms with Crippen LogP contribution in [0.2, 0.25) is 0 Å². The van der Waals surface area contributed by atoms with E-state index in [0.29, 0.717) is 5.88 Å². The molecule has 3 heteroatoms. The zero-order valence-electron chi connectivity index (χ0n) is 7.05. The molecule has 0 atom stereocenters. The first-order valence-electron chi connectivity index (χ1n) is 3.63. The number of ether oxygens (including phenoxy) is 2. The van der Waals surface area contributed by atoms with Gasteiger partial charge in [0.05, 0.1) is 0 Å². The predicted molar refractivity (Wildman–Crippen MR) is 46.9 cm³/mol. The lowest BCUT2D eigenvalue weighted by Gasteiger charge is -2.06. The number of allylic oxidation sites excluding steroid dienone is 1. The molecule has 66 valence electrons. The molecular weight excluding hydrogens is 164 g/mol. The van der Waals surface area contributed by atoms with Gasteiger partial charge in [0.2, 0.25) is 0 Å². The first kappa shape index (κ1) is 11.0. The van der Waals surface area contributed by atoms with Crippen LogP contribution in [0.25, 0.3) is 0 Å². The molecule has 0 N–H and O–H groups in total. The lowest BCUT2D eigenvalue weighted by Crippen LogP contribution is -2.08. The van der Waals surface area contributed by atoms with Crippen LogP contribution in [0.4, 0.5) is 0 Å². The molecule has 0 aromatic carbocycles. The van der Waals surface area contributed by atoms with Gasteiger partial charge >= 0.3 is 0 Å². The number of hydrogen-bond donors (Lipinski definition) is 0. The largest absolute Gasteiger partial charge is 0.352 e. The van der Waals surface area contributed by atoms with Crippen molar-refractivity contribution in [3.63, 3.8) is 0 Å². The van der Waals surface area contributed by atoms with Crippen LogP contribution in [0.15, 0.2) is 12.2 Å². The monoisotopic (exact) mass is 178 g/mol. The van der Waals surface area contributed by atoms with Crippen LogP contribution >= 0.6 is 11.6 Å². The number of halogens is 1. The Labute approximate surface area is 73.1 Å². The van der Waals surface area contributed by atoms with E-state index in [2.05, 4.69) is 0 Å². The number of rotatable bonds is 6. The van der Waals surface area contributed by atoms with E-state index in [1.165, 1.54) is 0 Å². The average molecular weight is 179 g/mol. The quantitative estimate of drug-likeness (QED) is 0.269. The summed E-state index contributed by atoms with van der Waals surface area (Å²) in [6.45, 7) is 0. The van der Waals surface area contributed by atoms with Crippen LogP contribution in [0, 0.1) is 0 Å². The summed E-state index contributed by atoms with van der Waals surface area (Å²) in [6, 6.07) is 0. The molecule has 0 aliphatic carbocycles. The summed E-state index contributed by atoms with van der Waals surface area (Å²) in [5, 5.41) is 0. The lowest BCUT2D eigenvalue weighted by atomic mass is 10.3. The summed E-state index contributed by atoms with van der Waals surface area (Å²) in [6.07, 6.45) is 5.66. The molecule has 11 heavy (non-hydrogen) atoms. The molecule has 0 amide bonds. The second-order valence-corrected chi connectivity index (χ2v) is 2.48. The van der Waals surface area contributed by atoms with Crippen molar-refractivity contribution in [3.05, 3.63) is 12.2 Å². The van der Waals surface area contributed by atoms with Gasteiger partial charge in [-0.25, -0.2) is 0 Å². The Morgan fingerprint density at radius 1 is 1.36 bits per heavy atom. The maximum atomic E-state index is 5.49. The van der Waals surface area contributed by atoms with Gasteiger partial charge in [-0.05, 0) is 18.9 Å². The summed E-state index contributed by atoms with van der Waals surface area (Å²) < 4.78 is 9.88. The van der Waals surface area contributed by atoms with Crippen molar-refractivity contribution < 1.29 is 9.47 Å². The van der Waals surface area contributed by atoms with Crippen LogP contribution in [-0.2, 0) is 9.47 Å². The van der Waals surface area contributed by atoms with E-state index >= 15 is 0 Å². The molecule has 0 unspecified atom stereocenters. The minimum Gasteiger partial charge on any atom is -0.352 e. The molecule has 0 saturated carbocycles. The van der Waals surface area contributed by atoms with Gasteiger partial charge in [-0.1, -0.05) is 6.08 Å². The molecule has 0 saturated heterocycles. The average Bonchev–Trinajstić information content (AvgIpc) is 2.05. The van der Waals surface area contributed by atoms with Crippen LogP contribution < -0.4 is 0 Å². The molecule has 0 fully saturated rings. The molecule has 0 aliphatic rings. The summed E-state index contributed by atoms with van der Waals surface area (Å²) >= 11 is 5.49. The minimum atomic E-state index is -0.217. The Kier molecular flexibility index (Phi) is 8.01. The second kappa shape index (κ2) is 8.05. The smallest absolute Gasteiger partial charge is 0.176 e. The summed E-state index contributed by atoms with van der Waals surface area (Å²) in [5.41, 5.74) is 0. The standard InChI is InChI=1S/C8H15ClO2/c1-10-8(11-2)6-4-3-5-7-9/h4,6,8H,3,5,7H2,1-2H3/b6-4-. The Bertz CT molecular complexity index is 100. The zero-order valence-corrected chi connectivity index (χ0v) is 7.80. The third-order valence-corrected chi connectivity index (χ3v) is 1.53. The highest BCUT2D eigenvalue weighted by atomic mass is 35.5. The first-order valence-corrected chi connectivity index (χ1v) is 4.16. The van der Waals surface area contributed by atoms with E-state index in [1.807, 2.05) is 12.2 Å². The number of alkyl halides is 1. The topological polar surface area (TPSA) is 18.5 Å². The fourth-order valence-electron chi connectivity index (χ4n) is 0.656. The maximum Gasteiger partial charge on any atom is 0.176 e. The molecular formula is C8H15ClO2. The molecule has 0 radical (unpaired) electrons. The summed E-state index contributed by atoms with van der Waals surface area (Å²) in [5.74, 6) is 0.703. The fraction of sp³-hybridized carbons (Fsp3) is 0.750.